The molecule has 0 bridgehead atoms. The van der Waals surface area contributed by atoms with Crippen molar-refractivity contribution < 1.29 is 4.74 Å². The molecule has 0 aromatic rings. The summed E-state index contributed by atoms with van der Waals surface area (Å²) in [6.45, 7) is 5.00. The van der Waals surface area contributed by atoms with Crippen LogP contribution >= 0.6 is 0 Å². The molecule has 1 atom stereocenters. The summed E-state index contributed by atoms with van der Waals surface area (Å²) in [6, 6.07) is 0. The molecule has 0 saturated carbocycles. The van der Waals surface area contributed by atoms with Crippen LogP contribution in [0.2, 0.25) is 0 Å². The van der Waals surface area contributed by atoms with E-state index >= 15 is 0 Å². The number of ether oxygens (including phenoxy) is 1. The summed E-state index contributed by atoms with van der Waals surface area (Å²) in [6.07, 6.45) is 1.17. The van der Waals surface area contributed by atoms with Gasteiger partial charge in [-0.2, -0.15) is 7.05 Å². The summed E-state index contributed by atoms with van der Waals surface area (Å²) in [5.41, 5.74) is 0.356. The number of hydrogen-bond donors (Lipinski definition) is 0. The Morgan fingerprint density at radius 3 is 2.89 bits per heavy atom. The topological polar surface area (TPSA) is 23.3 Å². The zero-order valence-corrected chi connectivity index (χ0v) is 6.18. The number of nitrogens with zero attached hydrogens (tertiary/aromatic N) is 1. The average Bonchev–Trinajstić information content (AvgIpc) is 2.16. The van der Waals surface area contributed by atoms with Crippen molar-refractivity contribution in [3.05, 3.63) is 5.32 Å². The minimum Gasteiger partial charge on any atom is -0.664 e. The molecule has 9 heavy (non-hydrogen) atoms. The van der Waals surface area contributed by atoms with Crippen molar-refractivity contribution in [1.29, 1.82) is 0 Å². The minimum atomic E-state index is 0.356. The Bertz CT molecular complexity index is 86.9. The van der Waals surface area contributed by atoms with Crippen molar-refractivity contribution in [2.24, 2.45) is 5.41 Å². The fraction of sp³-hybridized carbons (Fsp3) is 1.00. The second kappa shape index (κ2) is 2.67. The van der Waals surface area contributed by atoms with Crippen LogP contribution in [-0.4, -0.2) is 26.8 Å². The van der Waals surface area contributed by atoms with E-state index in [1.807, 2.05) is 7.05 Å². The average molecular weight is 128 g/mol. The van der Waals surface area contributed by atoms with E-state index in [0.717, 1.165) is 19.8 Å². The summed E-state index contributed by atoms with van der Waals surface area (Å²) in [7, 11) is 1.86. The molecule has 2 heteroatoms. The van der Waals surface area contributed by atoms with Gasteiger partial charge in [-0.1, -0.05) is 6.92 Å². The van der Waals surface area contributed by atoms with Crippen molar-refractivity contribution in [1.82, 2.24) is 0 Å². The van der Waals surface area contributed by atoms with Crippen LogP contribution in [0.15, 0.2) is 0 Å². The second-order valence-corrected chi connectivity index (χ2v) is 3.09. The fourth-order valence-electron chi connectivity index (χ4n) is 1.22. The van der Waals surface area contributed by atoms with Crippen molar-refractivity contribution in [3.63, 3.8) is 0 Å². The molecule has 1 aliphatic heterocycles. The van der Waals surface area contributed by atoms with Crippen LogP contribution in [0.1, 0.15) is 13.3 Å². The highest BCUT2D eigenvalue weighted by Gasteiger charge is 2.24. The first kappa shape index (κ1) is 7.03. The molecule has 2 nitrogen and oxygen atoms in total. The zero-order valence-electron chi connectivity index (χ0n) is 6.18. The van der Waals surface area contributed by atoms with Gasteiger partial charge >= 0.3 is 0 Å². The molecule has 1 rings (SSSR count). The Morgan fingerprint density at radius 1 is 1.67 bits per heavy atom. The molecule has 1 fully saturated rings. The molecule has 1 saturated heterocycles. The molecule has 0 aliphatic carbocycles. The third-order valence-electron chi connectivity index (χ3n) is 1.84. The summed E-state index contributed by atoms with van der Waals surface area (Å²) in [4.78, 5) is 0. The summed E-state index contributed by atoms with van der Waals surface area (Å²) in [5, 5.41) is 4.11. The molecule has 1 heterocycles. The fourth-order valence-corrected chi connectivity index (χ4v) is 1.22. The molecule has 0 amide bonds. The van der Waals surface area contributed by atoms with Crippen LogP contribution in [-0.2, 0) is 4.74 Å². The van der Waals surface area contributed by atoms with Gasteiger partial charge in [0.25, 0.3) is 0 Å². The summed E-state index contributed by atoms with van der Waals surface area (Å²) >= 11 is 0. The smallest absolute Gasteiger partial charge is 0.0504 e. The van der Waals surface area contributed by atoms with E-state index in [-0.39, 0.29) is 0 Å². The normalized spacial score (nSPS) is 35.3. The number of rotatable bonds is 2. The Labute approximate surface area is 56.6 Å². The van der Waals surface area contributed by atoms with Gasteiger partial charge in [0.05, 0.1) is 6.61 Å². The van der Waals surface area contributed by atoms with Crippen LogP contribution in [0, 0.1) is 5.41 Å². The van der Waals surface area contributed by atoms with E-state index < -0.39 is 0 Å². The maximum absolute atomic E-state index is 5.25. The van der Waals surface area contributed by atoms with Crippen molar-refractivity contribution in [2.75, 3.05) is 26.8 Å². The van der Waals surface area contributed by atoms with E-state index in [1.165, 1.54) is 6.42 Å². The highest BCUT2D eigenvalue weighted by atomic mass is 16.5. The molecule has 0 spiro atoms. The third kappa shape index (κ3) is 1.66. The van der Waals surface area contributed by atoms with Gasteiger partial charge in [0.15, 0.2) is 0 Å². The molecule has 54 valence electrons. The predicted molar refractivity (Wildman–Crippen MR) is 37.7 cm³/mol. The Balaban J connectivity index is 2.32. The van der Waals surface area contributed by atoms with E-state index in [1.54, 1.807) is 0 Å². The van der Waals surface area contributed by atoms with Gasteiger partial charge in [-0.25, -0.2) is 0 Å². The highest BCUT2D eigenvalue weighted by molar-refractivity contribution is 4.89. The van der Waals surface area contributed by atoms with Crippen LogP contribution in [0.25, 0.3) is 5.32 Å². The Morgan fingerprint density at radius 2 is 2.44 bits per heavy atom. The van der Waals surface area contributed by atoms with Crippen molar-refractivity contribution >= 4 is 0 Å². The molecule has 0 aromatic carbocycles. The first-order valence-electron chi connectivity index (χ1n) is 3.40. The van der Waals surface area contributed by atoms with E-state index in [4.69, 9.17) is 4.74 Å². The molecule has 0 radical (unpaired) electrons. The lowest BCUT2D eigenvalue weighted by molar-refractivity contribution is 0.165. The van der Waals surface area contributed by atoms with Gasteiger partial charge in [-0.15, -0.1) is 6.54 Å². The van der Waals surface area contributed by atoms with Crippen LogP contribution in [0.4, 0.5) is 0 Å². The second-order valence-electron chi connectivity index (χ2n) is 3.09. The highest BCUT2D eigenvalue weighted by Crippen LogP contribution is 2.28. The maximum Gasteiger partial charge on any atom is 0.0504 e. The van der Waals surface area contributed by atoms with Gasteiger partial charge in [-0.3, -0.25) is 0 Å². The summed E-state index contributed by atoms with van der Waals surface area (Å²) < 4.78 is 5.25. The quantitative estimate of drug-likeness (QED) is 0.551. The number of hydrogen-bond acceptors (Lipinski definition) is 1. The SMILES string of the molecule is C[N-]CC1(C)CCOC1. The lowest BCUT2D eigenvalue weighted by Gasteiger charge is -2.28. The van der Waals surface area contributed by atoms with Crippen LogP contribution in [0.3, 0.4) is 0 Å². The van der Waals surface area contributed by atoms with Crippen molar-refractivity contribution in [2.45, 2.75) is 13.3 Å². The molecule has 0 N–H and O–H groups in total. The van der Waals surface area contributed by atoms with Crippen LogP contribution in [0.5, 0.6) is 0 Å². The molecular formula is C7H14NO-. The predicted octanol–water partition coefficient (Wildman–Crippen LogP) is 1.42. The van der Waals surface area contributed by atoms with E-state index in [0.29, 0.717) is 5.41 Å². The monoisotopic (exact) mass is 128 g/mol. The molecular weight excluding hydrogens is 114 g/mol. The zero-order chi connectivity index (χ0) is 6.74. The van der Waals surface area contributed by atoms with Gasteiger partial charge in [0.1, 0.15) is 0 Å². The van der Waals surface area contributed by atoms with Gasteiger partial charge < -0.3 is 10.1 Å². The molecule has 1 aliphatic rings. The third-order valence-corrected chi connectivity index (χ3v) is 1.84. The largest absolute Gasteiger partial charge is 0.664 e. The van der Waals surface area contributed by atoms with Gasteiger partial charge in [0, 0.05) is 6.61 Å². The first-order valence-corrected chi connectivity index (χ1v) is 3.40. The lowest BCUT2D eigenvalue weighted by atomic mass is 9.90. The first-order chi connectivity index (χ1) is 4.27. The Kier molecular flexibility index (Phi) is 2.09. The molecule has 0 aromatic heterocycles. The lowest BCUT2D eigenvalue weighted by Crippen LogP contribution is -2.20. The minimum absolute atomic E-state index is 0.356. The van der Waals surface area contributed by atoms with E-state index in [2.05, 4.69) is 12.2 Å². The summed E-state index contributed by atoms with van der Waals surface area (Å²) in [5.74, 6) is 0. The van der Waals surface area contributed by atoms with Gasteiger partial charge in [0.2, 0.25) is 0 Å². The standard InChI is InChI=1S/C7H14NO/c1-7(5-8-2)3-4-9-6-7/h3-6H2,1-2H3/q-1. The molecule has 1 unspecified atom stereocenters. The maximum atomic E-state index is 5.25. The Hall–Kier alpha value is -0.0800. The van der Waals surface area contributed by atoms with Gasteiger partial charge in [-0.05, 0) is 11.8 Å². The van der Waals surface area contributed by atoms with Crippen LogP contribution < -0.4 is 0 Å². The van der Waals surface area contributed by atoms with E-state index in [9.17, 15) is 0 Å². The van der Waals surface area contributed by atoms with Crippen molar-refractivity contribution in [3.8, 4) is 0 Å².